The highest BCUT2D eigenvalue weighted by Crippen LogP contribution is 2.21. The highest BCUT2D eigenvalue weighted by Gasteiger charge is 2.21. The first-order valence-electron chi connectivity index (χ1n) is 7.70. The van der Waals surface area contributed by atoms with Crippen molar-refractivity contribution in [3.05, 3.63) is 58.1 Å². The predicted octanol–water partition coefficient (Wildman–Crippen LogP) is 1.64. The number of hydrogen-bond donors (Lipinski definition) is 2. The van der Waals surface area contributed by atoms with Crippen molar-refractivity contribution in [3.63, 3.8) is 0 Å². The molecule has 8 nitrogen and oxygen atoms in total. The zero-order valence-corrected chi connectivity index (χ0v) is 13.7. The minimum Gasteiger partial charge on any atom is -0.442 e. The van der Waals surface area contributed by atoms with Gasteiger partial charge in [0.15, 0.2) is 0 Å². The molecular formula is C17H15N5O3. The van der Waals surface area contributed by atoms with E-state index < -0.39 is 5.56 Å². The van der Waals surface area contributed by atoms with Crippen LogP contribution in [0.1, 0.15) is 21.7 Å². The number of aromatic nitrogens is 4. The van der Waals surface area contributed by atoms with Crippen molar-refractivity contribution in [3.8, 4) is 0 Å². The summed E-state index contributed by atoms with van der Waals surface area (Å²) in [5, 5.41) is 3.01. The second-order valence-electron chi connectivity index (χ2n) is 5.77. The summed E-state index contributed by atoms with van der Waals surface area (Å²) in [4.78, 5) is 35.4. The number of fused-ring (bicyclic) bond motifs is 2. The molecular weight excluding hydrogens is 322 g/mol. The number of rotatable bonds is 3. The third-order valence-corrected chi connectivity index (χ3v) is 4.16. The minimum atomic E-state index is -0.402. The average molecular weight is 337 g/mol. The van der Waals surface area contributed by atoms with E-state index in [9.17, 15) is 9.59 Å². The van der Waals surface area contributed by atoms with Crippen LogP contribution in [-0.4, -0.2) is 25.4 Å². The molecule has 3 aromatic heterocycles. The van der Waals surface area contributed by atoms with Crippen LogP contribution in [0.15, 0.2) is 40.1 Å². The Morgan fingerprint density at radius 2 is 2.20 bits per heavy atom. The fourth-order valence-electron chi connectivity index (χ4n) is 3.03. The van der Waals surface area contributed by atoms with Crippen LogP contribution in [0.3, 0.4) is 0 Å². The first-order chi connectivity index (χ1) is 12.1. The van der Waals surface area contributed by atoms with Crippen LogP contribution < -0.4 is 10.9 Å². The van der Waals surface area contributed by atoms with Gasteiger partial charge in [0.1, 0.15) is 11.1 Å². The normalized spacial score (nSPS) is 11.3. The van der Waals surface area contributed by atoms with Gasteiger partial charge in [0.25, 0.3) is 11.5 Å². The molecule has 0 radical (unpaired) electrons. The van der Waals surface area contributed by atoms with Gasteiger partial charge in [0.05, 0.1) is 29.3 Å². The largest absolute Gasteiger partial charge is 0.442 e. The summed E-state index contributed by atoms with van der Waals surface area (Å²) in [6.45, 7) is 1.94. The molecule has 4 aromatic rings. The van der Waals surface area contributed by atoms with Crippen LogP contribution in [0.2, 0.25) is 0 Å². The molecule has 0 bridgehead atoms. The molecule has 126 valence electrons. The van der Waals surface area contributed by atoms with E-state index in [2.05, 4.69) is 20.3 Å². The first kappa shape index (κ1) is 15.1. The topological polar surface area (TPSA) is 106 Å². The van der Waals surface area contributed by atoms with Crippen molar-refractivity contribution < 1.29 is 9.21 Å². The smallest absolute Gasteiger partial charge is 0.262 e. The van der Waals surface area contributed by atoms with Gasteiger partial charge in [-0.1, -0.05) is 12.1 Å². The highest BCUT2D eigenvalue weighted by molar-refractivity contribution is 6.06. The van der Waals surface area contributed by atoms with Gasteiger partial charge in [0, 0.05) is 13.6 Å². The lowest BCUT2D eigenvalue weighted by atomic mass is 10.1. The van der Waals surface area contributed by atoms with E-state index in [0.717, 1.165) is 16.6 Å². The average Bonchev–Trinajstić information content (AvgIpc) is 3.14. The summed E-state index contributed by atoms with van der Waals surface area (Å²) in [7, 11) is 1.90. The zero-order chi connectivity index (χ0) is 17.6. The second-order valence-corrected chi connectivity index (χ2v) is 5.77. The maximum atomic E-state index is 12.7. The molecule has 0 aliphatic carbocycles. The van der Waals surface area contributed by atoms with Crippen LogP contribution in [0.25, 0.3) is 22.1 Å². The van der Waals surface area contributed by atoms with Crippen molar-refractivity contribution in [2.75, 3.05) is 0 Å². The van der Waals surface area contributed by atoms with Gasteiger partial charge in [-0.15, -0.1) is 0 Å². The summed E-state index contributed by atoms with van der Waals surface area (Å²) >= 11 is 0. The molecule has 0 aliphatic heterocycles. The third-order valence-electron chi connectivity index (χ3n) is 4.16. The summed E-state index contributed by atoms with van der Waals surface area (Å²) in [5.41, 5.74) is 2.71. The number of furan rings is 1. The molecule has 0 saturated heterocycles. The molecule has 25 heavy (non-hydrogen) atoms. The number of para-hydroxylation sites is 1. The Hall–Kier alpha value is -3.42. The fourth-order valence-corrected chi connectivity index (χ4v) is 3.03. The Balaban J connectivity index is 1.68. The Morgan fingerprint density at radius 1 is 1.36 bits per heavy atom. The van der Waals surface area contributed by atoms with Crippen molar-refractivity contribution in [2.24, 2.45) is 7.05 Å². The number of hydrogen-bond acceptors (Lipinski definition) is 5. The highest BCUT2D eigenvalue weighted by atomic mass is 16.3. The number of carbonyl (C=O) groups excluding carboxylic acids is 1. The lowest BCUT2D eigenvalue weighted by Gasteiger charge is -2.07. The van der Waals surface area contributed by atoms with Crippen molar-refractivity contribution in [2.45, 2.75) is 13.5 Å². The molecule has 2 N–H and O–H groups in total. The van der Waals surface area contributed by atoms with Gasteiger partial charge in [-0.3, -0.25) is 9.59 Å². The van der Waals surface area contributed by atoms with Crippen LogP contribution in [0, 0.1) is 6.92 Å². The molecule has 1 amide bonds. The third kappa shape index (κ3) is 2.38. The van der Waals surface area contributed by atoms with Gasteiger partial charge < -0.3 is 19.3 Å². The van der Waals surface area contributed by atoms with Crippen LogP contribution in [0.5, 0.6) is 0 Å². The quantitative estimate of drug-likeness (QED) is 0.591. The SMILES string of the molecule is Cc1oc2nc[nH]c(=O)c2c1C(=O)NCc1cccc2ncn(C)c12. The molecule has 0 aliphatic rings. The summed E-state index contributed by atoms with van der Waals surface area (Å²) in [6.07, 6.45) is 2.98. The monoisotopic (exact) mass is 337 g/mol. The molecule has 1 aromatic carbocycles. The Bertz CT molecular complexity index is 1170. The van der Waals surface area contributed by atoms with Gasteiger partial charge in [-0.2, -0.15) is 0 Å². The Kier molecular flexibility index (Phi) is 3.38. The number of nitrogens with one attached hydrogen (secondary N) is 2. The van der Waals surface area contributed by atoms with Crippen LogP contribution in [0.4, 0.5) is 0 Å². The number of carbonyl (C=O) groups is 1. The molecule has 8 heteroatoms. The zero-order valence-electron chi connectivity index (χ0n) is 13.7. The van der Waals surface area contributed by atoms with Crippen molar-refractivity contribution in [1.29, 1.82) is 0 Å². The van der Waals surface area contributed by atoms with Crippen molar-refractivity contribution >= 4 is 28.0 Å². The van der Waals surface area contributed by atoms with Gasteiger partial charge >= 0.3 is 0 Å². The van der Waals surface area contributed by atoms with E-state index >= 15 is 0 Å². The van der Waals surface area contributed by atoms with Crippen LogP contribution in [-0.2, 0) is 13.6 Å². The summed E-state index contributed by atoms with van der Waals surface area (Å²) in [6, 6.07) is 5.74. The standard InChI is InChI=1S/C17H15N5O3/c1-9-12(13-16(24)19-7-20-17(13)25-9)15(23)18-6-10-4-3-5-11-14(10)22(2)8-21-11/h3-5,7-8H,6H2,1-2H3,(H,18,23)(H,19,20,24). The molecule has 0 atom stereocenters. The van der Waals surface area contributed by atoms with E-state index in [1.807, 2.05) is 29.8 Å². The molecule has 0 unspecified atom stereocenters. The molecule has 3 heterocycles. The minimum absolute atomic E-state index is 0.153. The summed E-state index contributed by atoms with van der Waals surface area (Å²) in [5.74, 6) is -0.0237. The number of nitrogens with zero attached hydrogens (tertiary/aromatic N) is 3. The maximum absolute atomic E-state index is 12.7. The molecule has 0 spiro atoms. The Labute approximate surface area is 141 Å². The lowest BCUT2D eigenvalue weighted by Crippen LogP contribution is -2.24. The number of aromatic amines is 1. The number of H-pyrrole nitrogens is 1. The van der Waals surface area contributed by atoms with Gasteiger partial charge in [-0.25, -0.2) is 9.97 Å². The predicted molar refractivity (Wildman–Crippen MR) is 91.3 cm³/mol. The molecule has 0 fully saturated rings. The Morgan fingerprint density at radius 3 is 3.04 bits per heavy atom. The molecule has 0 saturated carbocycles. The number of amides is 1. The number of imidazole rings is 1. The van der Waals surface area contributed by atoms with Gasteiger partial charge in [-0.05, 0) is 18.6 Å². The number of benzene rings is 1. The lowest BCUT2D eigenvalue weighted by molar-refractivity contribution is 0.0951. The summed E-state index contributed by atoms with van der Waals surface area (Å²) < 4.78 is 7.33. The van der Waals surface area contributed by atoms with Gasteiger partial charge in [0.2, 0.25) is 5.71 Å². The first-order valence-corrected chi connectivity index (χ1v) is 7.70. The molecule has 4 rings (SSSR count). The van der Waals surface area contributed by atoms with Crippen LogP contribution >= 0.6 is 0 Å². The van der Waals surface area contributed by atoms with E-state index in [1.54, 1.807) is 13.3 Å². The maximum Gasteiger partial charge on any atom is 0.262 e. The van der Waals surface area contributed by atoms with E-state index in [1.165, 1.54) is 6.33 Å². The van der Waals surface area contributed by atoms with E-state index in [-0.39, 0.29) is 22.6 Å². The number of aryl methyl sites for hydroxylation is 2. The van der Waals surface area contributed by atoms with E-state index in [0.29, 0.717) is 12.3 Å². The van der Waals surface area contributed by atoms with E-state index in [4.69, 9.17) is 4.42 Å². The second kappa shape index (κ2) is 5.59. The van der Waals surface area contributed by atoms with Crippen molar-refractivity contribution in [1.82, 2.24) is 24.8 Å². The fraction of sp³-hybridized carbons (Fsp3) is 0.176.